The summed E-state index contributed by atoms with van der Waals surface area (Å²) in [6, 6.07) is 0.136. The lowest BCUT2D eigenvalue weighted by atomic mass is 10.0. The Morgan fingerprint density at radius 1 is 0.552 bits per heavy atom. The lowest BCUT2D eigenvalue weighted by Crippen LogP contribution is -2.54. The maximum atomic E-state index is 6.21. The molecule has 0 amide bonds. The quantitative estimate of drug-likeness (QED) is 0.360. The molecule has 162 valence electrons. The van der Waals surface area contributed by atoms with Gasteiger partial charge in [0.05, 0.1) is 0 Å². The Kier molecular flexibility index (Phi) is 6.02. The van der Waals surface area contributed by atoms with Gasteiger partial charge in [0.2, 0.25) is 17.8 Å². The predicted octanol–water partition coefficient (Wildman–Crippen LogP) is -2.47. The molecule has 0 saturated carbocycles. The minimum absolute atomic E-state index is 0.00246. The molecule has 4 heterocycles. The fraction of sp³-hybridized carbons (Fsp3) is 0.833. The van der Waals surface area contributed by atoms with Crippen LogP contribution in [0, 0.1) is 0 Å². The van der Waals surface area contributed by atoms with Crippen LogP contribution in [0.25, 0.3) is 0 Å². The average molecular weight is 406 g/mol. The molecule has 0 spiro atoms. The third-order valence-electron chi connectivity index (χ3n) is 5.94. The van der Waals surface area contributed by atoms with Gasteiger partial charge in [-0.15, -0.1) is 0 Å². The molecular weight excluding hydrogens is 370 g/mol. The van der Waals surface area contributed by atoms with Gasteiger partial charge in [0.15, 0.2) is 0 Å². The van der Waals surface area contributed by atoms with Crippen molar-refractivity contribution in [3.8, 4) is 0 Å². The molecule has 1 aromatic rings. The lowest BCUT2D eigenvalue weighted by Gasteiger charge is -2.38. The molecule has 11 heteroatoms. The first-order valence-electron chi connectivity index (χ1n) is 10.7. The summed E-state index contributed by atoms with van der Waals surface area (Å²) in [6.45, 7) is 4.32. The molecule has 0 aliphatic carbocycles. The molecule has 1 aromatic heterocycles. The molecule has 3 saturated heterocycles. The summed E-state index contributed by atoms with van der Waals surface area (Å²) in [6.07, 6.45) is 3.65. The fourth-order valence-corrected chi connectivity index (χ4v) is 4.64. The van der Waals surface area contributed by atoms with Crippen molar-refractivity contribution in [1.82, 2.24) is 15.0 Å². The molecule has 29 heavy (non-hydrogen) atoms. The van der Waals surface area contributed by atoms with Gasteiger partial charge in [-0.05, 0) is 25.7 Å². The van der Waals surface area contributed by atoms with E-state index < -0.39 is 0 Å². The van der Waals surface area contributed by atoms with Gasteiger partial charge in [-0.3, -0.25) is 0 Å². The van der Waals surface area contributed by atoms with Crippen LogP contribution in [0.2, 0.25) is 0 Å². The summed E-state index contributed by atoms with van der Waals surface area (Å²) in [7, 11) is 0. The first kappa shape index (κ1) is 20.5. The minimum atomic E-state index is 0.00246. The zero-order chi connectivity index (χ0) is 20.5. The number of aromatic nitrogens is 3. The first-order valence-corrected chi connectivity index (χ1v) is 10.7. The molecule has 11 nitrogen and oxygen atoms in total. The number of anilines is 3. The standard InChI is InChI=1S/C18H35N11/c19-11-2-1-3-27(6-11)16-24-17(28-7-12(20)4-13(21)8-28)26-18(25-16)29-9-14(22)5-15(23)10-29/h11-15H,1-10,19-23H2/t11?,12-,13+,14-,15+. The summed E-state index contributed by atoms with van der Waals surface area (Å²) in [4.78, 5) is 20.7. The predicted molar refractivity (Wildman–Crippen MR) is 115 cm³/mol. The van der Waals surface area contributed by atoms with Crippen LogP contribution in [0.15, 0.2) is 0 Å². The Balaban J connectivity index is 1.67. The number of piperidine rings is 3. The highest BCUT2D eigenvalue weighted by Gasteiger charge is 2.30. The van der Waals surface area contributed by atoms with Crippen LogP contribution in [0.1, 0.15) is 25.7 Å². The molecular formula is C18H35N11. The normalized spacial score (nSPS) is 33.8. The van der Waals surface area contributed by atoms with Gasteiger partial charge in [0.1, 0.15) is 0 Å². The highest BCUT2D eigenvalue weighted by molar-refractivity contribution is 5.48. The van der Waals surface area contributed by atoms with E-state index in [1.165, 1.54) is 0 Å². The van der Waals surface area contributed by atoms with Gasteiger partial charge in [-0.2, -0.15) is 15.0 Å². The zero-order valence-corrected chi connectivity index (χ0v) is 17.0. The van der Waals surface area contributed by atoms with Crippen LogP contribution in [-0.2, 0) is 0 Å². The van der Waals surface area contributed by atoms with Crippen molar-refractivity contribution in [1.29, 1.82) is 0 Å². The van der Waals surface area contributed by atoms with Gasteiger partial charge < -0.3 is 43.4 Å². The van der Waals surface area contributed by atoms with E-state index in [1.807, 2.05) is 0 Å². The maximum Gasteiger partial charge on any atom is 0.232 e. The maximum absolute atomic E-state index is 6.21. The van der Waals surface area contributed by atoms with E-state index in [-0.39, 0.29) is 30.2 Å². The van der Waals surface area contributed by atoms with Crippen LogP contribution in [0.5, 0.6) is 0 Å². The van der Waals surface area contributed by atoms with Crippen LogP contribution >= 0.6 is 0 Å². The highest BCUT2D eigenvalue weighted by Crippen LogP contribution is 2.25. The second-order valence-electron chi connectivity index (χ2n) is 8.91. The van der Waals surface area contributed by atoms with E-state index in [0.717, 1.165) is 38.8 Å². The van der Waals surface area contributed by atoms with Crippen LogP contribution in [0.4, 0.5) is 17.8 Å². The SMILES string of the molecule is NC1CCCN(c2nc(N3C[C@H](N)C[C@H](N)C3)nc(N3C[C@H](N)C[C@H](N)C3)n2)C1. The van der Waals surface area contributed by atoms with E-state index in [0.29, 0.717) is 44.0 Å². The Hall–Kier alpha value is -1.79. The second kappa shape index (κ2) is 8.52. The van der Waals surface area contributed by atoms with Crippen molar-refractivity contribution in [3.05, 3.63) is 0 Å². The monoisotopic (exact) mass is 405 g/mol. The molecule has 5 atom stereocenters. The molecule has 4 rings (SSSR count). The Morgan fingerprint density at radius 2 is 0.931 bits per heavy atom. The topological polar surface area (TPSA) is 178 Å². The molecule has 3 fully saturated rings. The van der Waals surface area contributed by atoms with Crippen LogP contribution < -0.4 is 43.4 Å². The first-order chi connectivity index (χ1) is 13.9. The Bertz CT molecular complexity index is 636. The third-order valence-corrected chi connectivity index (χ3v) is 5.94. The minimum Gasteiger partial charge on any atom is -0.339 e. The average Bonchev–Trinajstić information content (AvgIpc) is 2.66. The highest BCUT2D eigenvalue weighted by atomic mass is 15.4. The summed E-state index contributed by atoms with van der Waals surface area (Å²) < 4.78 is 0. The number of hydrogen-bond donors (Lipinski definition) is 5. The van der Waals surface area contributed by atoms with Gasteiger partial charge in [-0.1, -0.05) is 0 Å². The molecule has 0 aromatic carbocycles. The van der Waals surface area contributed by atoms with Gasteiger partial charge in [0, 0.05) is 69.5 Å². The van der Waals surface area contributed by atoms with Crippen LogP contribution in [0.3, 0.4) is 0 Å². The van der Waals surface area contributed by atoms with Crippen molar-refractivity contribution >= 4 is 17.8 Å². The number of nitrogens with two attached hydrogens (primary N) is 5. The molecule has 0 radical (unpaired) electrons. The molecule has 3 aliphatic rings. The fourth-order valence-electron chi connectivity index (χ4n) is 4.64. The number of hydrogen-bond acceptors (Lipinski definition) is 11. The molecule has 0 bridgehead atoms. The smallest absolute Gasteiger partial charge is 0.232 e. The summed E-state index contributed by atoms with van der Waals surface area (Å²) >= 11 is 0. The summed E-state index contributed by atoms with van der Waals surface area (Å²) in [5, 5.41) is 0. The number of nitrogens with zero attached hydrogens (tertiary/aromatic N) is 6. The lowest BCUT2D eigenvalue weighted by molar-refractivity contribution is 0.440. The van der Waals surface area contributed by atoms with E-state index in [4.69, 9.17) is 43.6 Å². The van der Waals surface area contributed by atoms with Gasteiger partial charge in [0.25, 0.3) is 0 Å². The largest absolute Gasteiger partial charge is 0.339 e. The van der Waals surface area contributed by atoms with Gasteiger partial charge in [-0.25, -0.2) is 0 Å². The third kappa shape index (κ3) is 4.86. The molecule has 3 aliphatic heterocycles. The summed E-state index contributed by atoms with van der Waals surface area (Å²) in [5.41, 5.74) is 31.0. The van der Waals surface area contributed by atoms with E-state index >= 15 is 0 Å². The van der Waals surface area contributed by atoms with E-state index in [1.54, 1.807) is 0 Å². The second-order valence-corrected chi connectivity index (χ2v) is 8.91. The van der Waals surface area contributed by atoms with Crippen molar-refractivity contribution in [3.63, 3.8) is 0 Å². The van der Waals surface area contributed by atoms with E-state index in [2.05, 4.69) is 14.7 Å². The van der Waals surface area contributed by atoms with Crippen molar-refractivity contribution in [2.75, 3.05) is 54.0 Å². The zero-order valence-electron chi connectivity index (χ0n) is 17.0. The molecule has 1 unspecified atom stereocenters. The van der Waals surface area contributed by atoms with Gasteiger partial charge >= 0.3 is 0 Å². The van der Waals surface area contributed by atoms with Crippen LogP contribution in [-0.4, -0.2) is 84.4 Å². The Labute approximate surface area is 172 Å². The van der Waals surface area contributed by atoms with Crippen molar-refractivity contribution in [2.45, 2.75) is 55.9 Å². The van der Waals surface area contributed by atoms with Crippen molar-refractivity contribution in [2.24, 2.45) is 28.7 Å². The Morgan fingerprint density at radius 3 is 1.34 bits per heavy atom. The number of rotatable bonds is 3. The van der Waals surface area contributed by atoms with E-state index in [9.17, 15) is 0 Å². The molecule has 10 N–H and O–H groups in total. The van der Waals surface area contributed by atoms with Crippen molar-refractivity contribution < 1.29 is 0 Å². The summed E-state index contributed by atoms with van der Waals surface area (Å²) in [5.74, 6) is 1.88.